The zero-order valence-corrected chi connectivity index (χ0v) is 18.7. The number of methoxy groups -OCH3 is 1. The van der Waals surface area contributed by atoms with Gasteiger partial charge >= 0.3 is 0 Å². The number of ether oxygens (including phenoxy) is 1. The lowest BCUT2D eigenvalue weighted by molar-refractivity contribution is 0.102. The number of nitrogens with one attached hydrogen (secondary N) is 1. The lowest BCUT2D eigenvalue weighted by Crippen LogP contribution is -2.26. The van der Waals surface area contributed by atoms with Gasteiger partial charge in [0.1, 0.15) is 16.9 Å². The van der Waals surface area contributed by atoms with Gasteiger partial charge in [0, 0.05) is 22.2 Å². The summed E-state index contributed by atoms with van der Waals surface area (Å²) in [5.74, 6) is 0.0118. The van der Waals surface area contributed by atoms with Gasteiger partial charge in [-0.2, -0.15) is 9.78 Å². The Morgan fingerprint density at radius 2 is 1.51 bits per heavy atom. The quantitative estimate of drug-likeness (QED) is 0.372. The molecule has 2 aromatic heterocycles. The topological polar surface area (TPSA) is 86.4 Å². The van der Waals surface area contributed by atoms with E-state index in [1.165, 1.54) is 4.68 Å². The van der Waals surface area contributed by atoms with Crippen LogP contribution in [0.15, 0.2) is 100 Å². The van der Waals surface area contributed by atoms with Crippen molar-refractivity contribution in [2.24, 2.45) is 0 Å². The molecule has 2 heterocycles. The average Bonchev–Trinajstić information content (AvgIpc) is 3.26. The molecule has 0 saturated heterocycles. The molecule has 7 heteroatoms. The molecule has 4 aromatic carbocycles. The number of furan rings is 1. The Balaban J connectivity index is 1.49. The van der Waals surface area contributed by atoms with Crippen LogP contribution in [-0.4, -0.2) is 22.8 Å². The molecule has 0 aliphatic heterocycles. The van der Waals surface area contributed by atoms with Crippen molar-refractivity contribution in [3.05, 3.63) is 107 Å². The van der Waals surface area contributed by atoms with Crippen molar-refractivity contribution in [3.8, 4) is 11.4 Å². The highest BCUT2D eigenvalue weighted by Crippen LogP contribution is 2.36. The van der Waals surface area contributed by atoms with Crippen LogP contribution in [0.5, 0.6) is 5.75 Å². The number of nitrogens with zero attached hydrogens (tertiary/aromatic N) is 2. The van der Waals surface area contributed by atoms with Crippen molar-refractivity contribution in [2.75, 3.05) is 12.4 Å². The van der Waals surface area contributed by atoms with E-state index in [-0.39, 0.29) is 11.3 Å². The summed E-state index contributed by atoms with van der Waals surface area (Å²) in [5, 5.41) is 10.1. The largest absolute Gasteiger partial charge is 0.495 e. The maximum Gasteiger partial charge on any atom is 0.279 e. The highest BCUT2D eigenvalue weighted by atomic mass is 16.5. The van der Waals surface area contributed by atoms with Crippen molar-refractivity contribution < 1.29 is 13.9 Å². The third-order valence-corrected chi connectivity index (χ3v) is 5.97. The Morgan fingerprint density at radius 3 is 2.29 bits per heavy atom. The molecule has 0 saturated carbocycles. The Bertz CT molecular complexity index is 1800. The lowest BCUT2D eigenvalue weighted by atomic mass is 10.1. The van der Waals surface area contributed by atoms with Gasteiger partial charge in [0.15, 0.2) is 5.69 Å². The minimum Gasteiger partial charge on any atom is -0.495 e. The van der Waals surface area contributed by atoms with Crippen LogP contribution in [-0.2, 0) is 0 Å². The van der Waals surface area contributed by atoms with Crippen molar-refractivity contribution in [1.82, 2.24) is 9.78 Å². The van der Waals surface area contributed by atoms with Crippen LogP contribution in [0.1, 0.15) is 10.5 Å². The molecule has 1 amide bonds. The van der Waals surface area contributed by atoms with E-state index in [2.05, 4.69) is 10.4 Å². The van der Waals surface area contributed by atoms with Crippen molar-refractivity contribution in [3.63, 3.8) is 0 Å². The summed E-state index contributed by atoms with van der Waals surface area (Å²) >= 11 is 0. The summed E-state index contributed by atoms with van der Waals surface area (Å²) in [6, 6.07) is 27.2. The molecule has 35 heavy (non-hydrogen) atoms. The molecule has 0 bridgehead atoms. The molecule has 7 nitrogen and oxygen atoms in total. The number of anilines is 1. The van der Waals surface area contributed by atoms with Gasteiger partial charge in [0.2, 0.25) is 0 Å². The number of fused-ring (bicyclic) bond motifs is 4. The molecular formula is C28H19N3O4. The third-order valence-electron chi connectivity index (χ3n) is 5.97. The fraction of sp³-hybridized carbons (Fsp3) is 0.0357. The van der Waals surface area contributed by atoms with Gasteiger partial charge in [0.25, 0.3) is 11.5 Å². The lowest BCUT2D eigenvalue weighted by Gasteiger charge is -2.13. The van der Waals surface area contributed by atoms with E-state index in [1.807, 2.05) is 48.5 Å². The van der Waals surface area contributed by atoms with Crippen LogP contribution >= 0.6 is 0 Å². The van der Waals surface area contributed by atoms with Crippen molar-refractivity contribution in [1.29, 1.82) is 0 Å². The second-order valence-electron chi connectivity index (χ2n) is 8.05. The zero-order chi connectivity index (χ0) is 23.9. The smallest absolute Gasteiger partial charge is 0.279 e. The first-order chi connectivity index (χ1) is 17.1. The Labute approximate surface area is 199 Å². The standard InChI is InChI=1S/C28H19N3O4/c1-34-25-15-21-18-11-7-8-14-23(18)35-24(21)16-22(25)29-27(32)26-19-12-5-6-13-20(19)28(33)31(30-26)17-9-3-2-4-10-17/h2-16H,1H3,(H,29,32). The molecule has 170 valence electrons. The second kappa shape index (κ2) is 8.14. The summed E-state index contributed by atoms with van der Waals surface area (Å²) in [7, 11) is 1.54. The van der Waals surface area contributed by atoms with Crippen LogP contribution in [0.2, 0.25) is 0 Å². The number of benzene rings is 4. The number of para-hydroxylation sites is 2. The van der Waals surface area contributed by atoms with Crippen molar-refractivity contribution in [2.45, 2.75) is 0 Å². The summed E-state index contributed by atoms with van der Waals surface area (Å²) < 4.78 is 12.8. The molecule has 0 aliphatic rings. The first kappa shape index (κ1) is 20.7. The van der Waals surface area contributed by atoms with Gasteiger partial charge in [-0.15, -0.1) is 0 Å². The summed E-state index contributed by atoms with van der Waals surface area (Å²) in [6.07, 6.45) is 0. The van der Waals surface area contributed by atoms with Gasteiger partial charge < -0.3 is 14.5 Å². The van der Waals surface area contributed by atoms with E-state index >= 15 is 0 Å². The second-order valence-corrected chi connectivity index (χ2v) is 8.05. The molecule has 6 aromatic rings. The summed E-state index contributed by atoms with van der Waals surface area (Å²) in [6.45, 7) is 0. The van der Waals surface area contributed by atoms with Crippen molar-refractivity contribution >= 4 is 44.3 Å². The third kappa shape index (κ3) is 3.41. The van der Waals surface area contributed by atoms with Crippen LogP contribution < -0.4 is 15.6 Å². The van der Waals surface area contributed by atoms with Gasteiger partial charge in [0.05, 0.1) is 23.9 Å². The molecule has 0 radical (unpaired) electrons. The maximum atomic E-state index is 13.5. The highest BCUT2D eigenvalue weighted by molar-refractivity contribution is 6.13. The first-order valence-electron chi connectivity index (χ1n) is 11.0. The van der Waals surface area contributed by atoms with Gasteiger partial charge in [-0.05, 0) is 30.3 Å². The molecule has 0 fully saturated rings. The van der Waals surface area contributed by atoms with Gasteiger partial charge in [-0.1, -0.05) is 54.6 Å². The molecular weight excluding hydrogens is 442 g/mol. The molecule has 0 unspecified atom stereocenters. The van der Waals surface area contributed by atoms with Gasteiger partial charge in [-0.25, -0.2) is 0 Å². The number of carbonyl (C=O) groups is 1. The maximum absolute atomic E-state index is 13.5. The summed E-state index contributed by atoms with van der Waals surface area (Å²) in [5.41, 5.74) is 2.19. The molecule has 6 rings (SSSR count). The SMILES string of the molecule is COc1cc2c(cc1NC(=O)c1nn(-c3ccccc3)c(=O)c3ccccc13)oc1ccccc12. The van der Waals surface area contributed by atoms with E-state index in [1.54, 1.807) is 49.6 Å². The van der Waals surface area contributed by atoms with E-state index in [9.17, 15) is 9.59 Å². The molecule has 0 atom stereocenters. The minimum absolute atomic E-state index is 0.121. The van der Waals surface area contributed by atoms with E-state index in [0.717, 1.165) is 16.4 Å². The average molecular weight is 461 g/mol. The first-order valence-corrected chi connectivity index (χ1v) is 11.0. The van der Waals surface area contributed by atoms with E-state index in [4.69, 9.17) is 9.15 Å². The fourth-order valence-electron chi connectivity index (χ4n) is 4.30. The predicted octanol–water partition coefficient (Wildman–Crippen LogP) is 5.55. The number of carbonyl (C=O) groups excluding carboxylic acids is 1. The Hall–Kier alpha value is -4.91. The highest BCUT2D eigenvalue weighted by Gasteiger charge is 2.20. The number of rotatable bonds is 4. The Kier molecular flexibility index (Phi) is 4.81. The fourth-order valence-corrected chi connectivity index (χ4v) is 4.30. The number of hydrogen-bond donors (Lipinski definition) is 1. The normalized spacial score (nSPS) is 11.2. The van der Waals surface area contributed by atoms with Gasteiger partial charge in [-0.3, -0.25) is 9.59 Å². The zero-order valence-electron chi connectivity index (χ0n) is 18.7. The molecule has 0 aliphatic carbocycles. The summed E-state index contributed by atoms with van der Waals surface area (Å²) in [4.78, 5) is 26.7. The van der Waals surface area contributed by atoms with Crippen LogP contribution in [0.25, 0.3) is 38.4 Å². The van der Waals surface area contributed by atoms with Crippen LogP contribution in [0.4, 0.5) is 5.69 Å². The number of amides is 1. The minimum atomic E-state index is -0.473. The molecule has 0 spiro atoms. The Morgan fingerprint density at radius 1 is 0.829 bits per heavy atom. The monoisotopic (exact) mass is 461 g/mol. The number of aromatic nitrogens is 2. The van der Waals surface area contributed by atoms with Crippen LogP contribution in [0, 0.1) is 0 Å². The van der Waals surface area contributed by atoms with E-state index < -0.39 is 5.91 Å². The predicted molar refractivity (Wildman–Crippen MR) is 136 cm³/mol. The molecule has 1 N–H and O–H groups in total. The van der Waals surface area contributed by atoms with E-state index in [0.29, 0.717) is 33.5 Å². The van der Waals surface area contributed by atoms with Crippen LogP contribution in [0.3, 0.4) is 0 Å². The number of hydrogen-bond acceptors (Lipinski definition) is 5.